The number of aryl methyl sites for hydroxylation is 1. The van der Waals surface area contributed by atoms with Crippen molar-refractivity contribution in [3.8, 4) is 33.8 Å². The fourth-order valence-electron chi connectivity index (χ4n) is 7.05. The molecule has 0 amide bonds. The van der Waals surface area contributed by atoms with Crippen molar-refractivity contribution >= 4 is 46.2 Å². The molecule has 0 aliphatic rings. The molecule has 5 aromatic heterocycles. The van der Waals surface area contributed by atoms with Gasteiger partial charge in [-0.2, -0.15) is 0 Å². The first-order chi connectivity index (χ1) is 26.7. The number of fused-ring (bicyclic) bond motifs is 4. The second-order valence-corrected chi connectivity index (χ2v) is 20.3. The first kappa shape index (κ1) is 38.7. The Bertz CT molecular complexity index is 2760. The monoisotopic (exact) mass is 926 g/mol. The molecule has 56 heavy (non-hydrogen) atoms. The molecule has 1 radical (unpaired) electrons. The quantitative estimate of drug-likeness (QED) is 0.118. The van der Waals surface area contributed by atoms with E-state index in [9.17, 15) is 0 Å². The van der Waals surface area contributed by atoms with E-state index in [1.165, 1.54) is 21.9 Å². The maximum absolute atomic E-state index is 6.37. The molecule has 0 saturated heterocycles. The molecule has 0 atom stereocenters. The maximum Gasteiger partial charge on any atom is 0.142 e. The van der Waals surface area contributed by atoms with Crippen LogP contribution in [0.3, 0.4) is 0 Å². The Hall–Kier alpha value is -5.53. The molecular weight excluding hydrogens is 883 g/mol. The number of furan rings is 1. The molecule has 9 rings (SSSR count). The number of benzene rings is 4. The third-order valence-corrected chi connectivity index (χ3v) is 12.0. The van der Waals surface area contributed by atoms with E-state index in [-0.39, 0.29) is 20.1 Å². The number of pyridine rings is 3. The molecular formula is C48H43IrN5OSi-2. The van der Waals surface area contributed by atoms with Crippen LogP contribution >= 0.6 is 0 Å². The largest absolute Gasteiger partial charge is 0.499 e. The fraction of sp³-hybridized carbons (Fsp3) is 0.167. The van der Waals surface area contributed by atoms with Gasteiger partial charge >= 0.3 is 0 Å². The van der Waals surface area contributed by atoms with Gasteiger partial charge in [0.25, 0.3) is 0 Å². The summed E-state index contributed by atoms with van der Waals surface area (Å²) in [7, 11) is -1.46. The van der Waals surface area contributed by atoms with E-state index >= 15 is 0 Å². The van der Waals surface area contributed by atoms with E-state index < -0.39 is 8.07 Å². The molecule has 4 aromatic carbocycles. The standard InChI is InChI=1S/C28H23N4O.C20H20NSi.Ir/c1-17(2)23-14-24-25(15-30-23)32(16-19-8-5-4-6-9-19)28(31-24)22-11-7-10-20-21-12-13-29-18(3)26(21)33-27(20)22;1-22(2,3)20-15-21-19(17-12-8-5-9-13-17)14-18(20)16-10-6-4-7-11-16;/h4-10,12-15,17H,16H2,1-3H3;4-12,14-15H,1-3H3;/q2*-1;. The fourth-order valence-corrected chi connectivity index (χ4v) is 8.52. The average molecular weight is 926 g/mol. The third-order valence-electron chi connectivity index (χ3n) is 9.96. The molecule has 281 valence electrons. The molecule has 5 heterocycles. The number of nitrogens with zero attached hydrogens (tertiary/aromatic N) is 5. The van der Waals surface area contributed by atoms with Crippen molar-refractivity contribution in [2.24, 2.45) is 0 Å². The molecule has 8 heteroatoms. The van der Waals surface area contributed by atoms with Crippen LogP contribution in [0.25, 0.3) is 66.7 Å². The topological polar surface area (TPSA) is 69.6 Å². The molecule has 0 N–H and O–H groups in total. The minimum atomic E-state index is -1.46. The van der Waals surface area contributed by atoms with E-state index in [1.54, 1.807) is 0 Å². The average Bonchev–Trinajstić information content (AvgIpc) is 3.77. The zero-order valence-electron chi connectivity index (χ0n) is 32.5. The van der Waals surface area contributed by atoms with Crippen molar-refractivity contribution in [1.82, 2.24) is 24.5 Å². The van der Waals surface area contributed by atoms with Crippen molar-refractivity contribution < 1.29 is 24.5 Å². The number of aromatic nitrogens is 5. The van der Waals surface area contributed by atoms with Crippen LogP contribution in [0.5, 0.6) is 0 Å². The van der Waals surface area contributed by atoms with Gasteiger partial charge in [-0.1, -0.05) is 111 Å². The van der Waals surface area contributed by atoms with Crippen LogP contribution in [0.4, 0.5) is 0 Å². The van der Waals surface area contributed by atoms with E-state index in [1.807, 2.05) is 61.8 Å². The number of hydrogen-bond donors (Lipinski definition) is 0. The van der Waals surface area contributed by atoms with Crippen LogP contribution < -0.4 is 5.19 Å². The molecule has 0 bridgehead atoms. The van der Waals surface area contributed by atoms with Gasteiger partial charge in [0.15, 0.2) is 0 Å². The normalized spacial score (nSPS) is 11.5. The Kier molecular flexibility index (Phi) is 11.3. The van der Waals surface area contributed by atoms with Crippen molar-refractivity contribution in [2.45, 2.75) is 52.9 Å². The summed E-state index contributed by atoms with van der Waals surface area (Å²) in [6.45, 7) is 14.0. The maximum atomic E-state index is 6.37. The van der Waals surface area contributed by atoms with Crippen LogP contribution in [-0.4, -0.2) is 32.6 Å². The van der Waals surface area contributed by atoms with E-state index in [2.05, 4.69) is 134 Å². The van der Waals surface area contributed by atoms with E-state index in [0.717, 1.165) is 67.0 Å². The smallest absolute Gasteiger partial charge is 0.142 e. The van der Waals surface area contributed by atoms with Crippen molar-refractivity contribution in [2.75, 3.05) is 0 Å². The summed E-state index contributed by atoms with van der Waals surface area (Å²) in [4.78, 5) is 18.9. The van der Waals surface area contributed by atoms with Gasteiger partial charge < -0.3 is 14.0 Å². The molecule has 0 spiro atoms. The summed E-state index contributed by atoms with van der Waals surface area (Å²) in [6.07, 6.45) is 5.84. The molecule has 0 aliphatic carbocycles. The summed E-state index contributed by atoms with van der Waals surface area (Å²) >= 11 is 0. The summed E-state index contributed by atoms with van der Waals surface area (Å²) in [5.74, 6) is 1.16. The molecule has 0 saturated carbocycles. The van der Waals surface area contributed by atoms with Gasteiger partial charge in [-0.15, -0.1) is 54.1 Å². The van der Waals surface area contributed by atoms with Gasteiger partial charge in [-0.3, -0.25) is 15.0 Å². The van der Waals surface area contributed by atoms with Gasteiger partial charge in [0, 0.05) is 50.1 Å². The summed E-state index contributed by atoms with van der Waals surface area (Å²) in [5, 5.41) is 3.50. The van der Waals surface area contributed by atoms with Crippen LogP contribution in [0, 0.1) is 19.1 Å². The van der Waals surface area contributed by atoms with E-state index in [0.29, 0.717) is 12.5 Å². The second kappa shape index (κ2) is 16.3. The molecule has 9 aromatic rings. The Morgan fingerprint density at radius 1 is 0.750 bits per heavy atom. The third kappa shape index (κ3) is 7.78. The van der Waals surface area contributed by atoms with Crippen molar-refractivity contribution in [3.63, 3.8) is 0 Å². The Labute approximate surface area is 343 Å². The minimum absolute atomic E-state index is 0. The van der Waals surface area contributed by atoms with Crippen LogP contribution in [0.2, 0.25) is 19.6 Å². The summed E-state index contributed by atoms with van der Waals surface area (Å²) in [5.41, 5.74) is 12.1. The number of imidazole rings is 1. The molecule has 0 unspecified atom stereocenters. The molecule has 6 nitrogen and oxygen atoms in total. The Morgan fingerprint density at radius 2 is 1.48 bits per heavy atom. The van der Waals surface area contributed by atoms with Crippen molar-refractivity contribution in [1.29, 1.82) is 0 Å². The zero-order chi connectivity index (χ0) is 38.1. The zero-order valence-corrected chi connectivity index (χ0v) is 35.9. The van der Waals surface area contributed by atoms with Gasteiger partial charge in [0.1, 0.15) is 5.58 Å². The number of rotatable bonds is 7. The van der Waals surface area contributed by atoms with Gasteiger partial charge in [0.2, 0.25) is 0 Å². The van der Waals surface area contributed by atoms with Gasteiger partial charge in [-0.05, 0) is 52.5 Å². The Balaban J connectivity index is 0.000000183. The predicted octanol–water partition coefficient (Wildman–Crippen LogP) is 11.4. The number of hydrogen-bond acceptors (Lipinski definition) is 5. The predicted molar refractivity (Wildman–Crippen MR) is 228 cm³/mol. The van der Waals surface area contributed by atoms with Crippen LogP contribution in [0.1, 0.15) is 36.7 Å². The molecule has 0 aliphatic heterocycles. The SMILES string of the molecule is C[Si](C)(C)c1cnc(-c2[c-]cccc2)cc1-c1ccccc1.Cc1nccc2c1oc1c(-c3nc4cc(C(C)C)ncc4n3Cc3ccccc3)[c-]ccc12.[Ir]. The van der Waals surface area contributed by atoms with Gasteiger partial charge in [-0.25, -0.2) is 0 Å². The second-order valence-electron chi connectivity index (χ2n) is 15.2. The van der Waals surface area contributed by atoms with Crippen LogP contribution in [-0.2, 0) is 26.7 Å². The molecule has 0 fully saturated rings. The first-order valence-corrected chi connectivity index (χ1v) is 22.3. The first-order valence-electron chi connectivity index (χ1n) is 18.8. The summed E-state index contributed by atoms with van der Waals surface area (Å²) < 4.78 is 8.58. The Morgan fingerprint density at radius 3 is 2.20 bits per heavy atom. The van der Waals surface area contributed by atoms with Crippen LogP contribution in [0.15, 0.2) is 138 Å². The summed E-state index contributed by atoms with van der Waals surface area (Å²) in [6, 6.07) is 46.0. The van der Waals surface area contributed by atoms with Crippen molar-refractivity contribution in [3.05, 3.63) is 163 Å². The van der Waals surface area contributed by atoms with E-state index in [4.69, 9.17) is 19.4 Å². The van der Waals surface area contributed by atoms with Gasteiger partial charge in [0.05, 0.1) is 42.4 Å². The minimum Gasteiger partial charge on any atom is -0.499 e.